The van der Waals surface area contributed by atoms with Crippen LogP contribution in [0, 0.1) is 10.8 Å². The van der Waals surface area contributed by atoms with Crippen LogP contribution in [0.15, 0.2) is 88.7 Å². The number of anilines is 2. The van der Waals surface area contributed by atoms with Crippen LogP contribution in [0.4, 0.5) is 11.6 Å². The summed E-state index contributed by atoms with van der Waals surface area (Å²) in [5.41, 5.74) is 2.94. The van der Waals surface area contributed by atoms with E-state index in [1.807, 2.05) is 54.6 Å². The number of methoxy groups -OCH3 is 1. The minimum absolute atomic E-state index is 0.139. The van der Waals surface area contributed by atoms with Crippen molar-refractivity contribution in [2.24, 2.45) is 10.8 Å². The molecule has 14 heteroatoms. The molecule has 7 rings (SSSR count). The zero-order valence-electron chi connectivity index (χ0n) is 33.3. The summed E-state index contributed by atoms with van der Waals surface area (Å²) in [6, 6.07) is 18.0. The normalized spacial score (nSPS) is 17.5. The lowest BCUT2D eigenvalue weighted by atomic mass is 9.85. The zero-order chi connectivity index (χ0) is 39.9. The Hall–Kier alpha value is -4.92. The van der Waals surface area contributed by atoms with Gasteiger partial charge < -0.3 is 34.9 Å². The SMILES string of the molecule is CC(C)(C)[C@H]1CN(c2nc(-c3ccncc3)[nH]c(=O)c2Br)CCN1.COc1ccc(COc2cc(N3CCN[C@@H](C(C)(C)C)C3)nc(-c3ccncc3)n2)cc1. The van der Waals surface area contributed by atoms with Gasteiger partial charge in [0, 0.05) is 93.3 Å². The molecule has 0 bridgehead atoms. The van der Waals surface area contributed by atoms with Gasteiger partial charge in [-0.25, -0.2) is 9.97 Å². The van der Waals surface area contributed by atoms with Gasteiger partial charge in [-0.05, 0) is 68.7 Å². The Morgan fingerprint density at radius 3 is 1.93 bits per heavy atom. The molecule has 0 unspecified atom stereocenters. The number of aromatic nitrogens is 6. The first-order valence-corrected chi connectivity index (χ1v) is 19.8. The van der Waals surface area contributed by atoms with E-state index in [1.165, 1.54) is 0 Å². The predicted octanol–water partition coefficient (Wildman–Crippen LogP) is 6.37. The van der Waals surface area contributed by atoms with E-state index in [4.69, 9.17) is 19.4 Å². The largest absolute Gasteiger partial charge is 0.497 e. The number of benzene rings is 1. The Kier molecular flexibility index (Phi) is 13.0. The number of hydrogen-bond acceptors (Lipinski definition) is 12. The van der Waals surface area contributed by atoms with Crippen molar-refractivity contribution in [3.63, 3.8) is 0 Å². The van der Waals surface area contributed by atoms with Crippen LogP contribution in [0.2, 0.25) is 0 Å². The zero-order valence-corrected chi connectivity index (χ0v) is 34.9. The number of nitrogens with zero attached hydrogens (tertiary/aromatic N) is 7. The number of piperazine rings is 2. The highest BCUT2D eigenvalue weighted by Gasteiger charge is 2.32. The fraction of sp³-hybridized carbons (Fsp3) is 0.429. The van der Waals surface area contributed by atoms with Crippen molar-refractivity contribution in [3.8, 4) is 34.4 Å². The molecule has 0 amide bonds. The van der Waals surface area contributed by atoms with Crippen molar-refractivity contribution in [2.45, 2.75) is 60.2 Å². The average molecular weight is 826 g/mol. The molecule has 2 atom stereocenters. The number of nitrogens with one attached hydrogen (secondary N) is 3. The average Bonchev–Trinajstić information content (AvgIpc) is 3.21. The van der Waals surface area contributed by atoms with Gasteiger partial charge in [0.1, 0.15) is 28.5 Å². The summed E-state index contributed by atoms with van der Waals surface area (Å²) in [6.45, 7) is 19.1. The van der Waals surface area contributed by atoms with E-state index in [0.29, 0.717) is 46.5 Å². The van der Waals surface area contributed by atoms with Crippen LogP contribution in [0.5, 0.6) is 11.6 Å². The molecule has 1 aromatic carbocycles. The molecule has 2 aliphatic rings. The molecule has 2 fully saturated rings. The third-order valence-electron chi connectivity index (χ3n) is 10.0. The van der Waals surface area contributed by atoms with Gasteiger partial charge >= 0.3 is 0 Å². The maximum atomic E-state index is 12.4. The molecule has 2 saturated heterocycles. The summed E-state index contributed by atoms with van der Waals surface area (Å²) in [4.78, 5) is 42.1. The van der Waals surface area contributed by atoms with Crippen molar-refractivity contribution >= 4 is 27.6 Å². The van der Waals surface area contributed by atoms with Crippen molar-refractivity contribution in [3.05, 3.63) is 99.8 Å². The molecule has 296 valence electrons. The van der Waals surface area contributed by atoms with Gasteiger partial charge in [-0.3, -0.25) is 14.8 Å². The van der Waals surface area contributed by atoms with Crippen LogP contribution in [-0.2, 0) is 6.61 Å². The molecule has 5 aromatic rings. The number of aromatic amines is 1. The Bertz CT molecular complexity index is 2090. The molecular formula is C42H53BrN10O3. The van der Waals surface area contributed by atoms with E-state index in [-0.39, 0.29) is 16.4 Å². The summed E-state index contributed by atoms with van der Waals surface area (Å²) < 4.78 is 11.8. The highest BCUT2D eigenvalue weighted by atomic mass is 79.9. The van der Waals surface area contributed by atoms with Gasteiger partial charge in [-0.15, -0.1) is 0 Å². The maximum Gasteiger partial charge on any atom is 0.267 e. The number of H-pyrrole nitrogens is 1. The minimum Gasteiger partial charge on any atom is -0.497 e. The first kappa shape index (κ1) is 40.7. The Morgan fingerprint density at radius 1 is 0.768 bits per heavy atom. The lowest BCUT2D eigenvalue weighted by Gasteiger charge is -2.41. The fourth-order valence-electron chi connectivity index (χ4n) is 6.52. The molecule has 56 heavy (non-hydrogen) atoms. The fourth-order valence-corrected chi connectivity index (χ4v) is 6.96. The third-order valence-corrected chi connectivity index (χ3v) is 10.8. The van der Waals surface area contributed by atoms with Gasteiger partial charge in [0.05, 0.1) is 7.11 Å². The quantitative estimate of drug-likeness (QED) is 0.160. The first-order chi connectivity index (χ1) is 26.8. The summed E-state index contributed by atoms with van der Waals surface area (Å²) >= 11 is 3.41. The molecule has 0 aliphatic carbocycles. The Morgan fingerprint density at radius 2 is 1.34 bits per heavy atom. The van der Waals surface area contributed by atoms with Crippen LogP contribution < -0.4 is 35.5 Å². The lowest BCUT2D eigenvalue weighted by Crippen LogP contribution is -2.56. The second-order valence-electron chi connectivity index (χ2n) is 16.2. The molecule has 6 heterocycles. The van der Waals surface area contributed by atoms with E-state index < -0.39 is 0 Å². The van der Waals surface area contributed by atoms with E-state index in [0.717, 1.165) is 67.5 Å². The van der Waals surface area contributed by atoms with Gasteiger partial charge in [-0.2, -0.15) is 4.98 Å². The number of ether oxygens (including phenoxy) is 2. The molecule has 0 saturated carbocycles. The molecule has 4 aromatic heterocycles. The van der Waals surface area contributed by atoms with Crippen molar-refractivity contribution in [2.75, 3.05) is 56.2 Å². The molecular weight excluding hydrogens is 772 g/mol. The van der Waals surface area contributed by atoms with Crippen LogP contribution in [0.25, 0.3) is 22.8 Å². The highest BCUT2D eigenvalue weighted by molar-refractivity contribution is 9.10. The molecule has 0 spiro atoms. The van der Waals surface area contributed by atoms with Crippen LogP contribution in [0.1, 0.15) is 47.1 Å². The summed E-state index contributed by atoms with van der Waals surface area (Å²) in [5.74, 6) is 4.16. The second-order valence-corrected chi connectivity index (χ2v) is 17.0. The van der Waals surface area contributed by atoms with E-state index >= 15 is 0 Å². The predicted molar refractivity (Wildman–Crippen MR) is 225 cm³/mol. The summed E-state index contributed by atoms with van der Waals surface area (Å²) in [5, 5.41) is 7.20. The number of rotatable bonds is 8. The molecule has 0 radical (unpaired) electrons. The highest BCUT2D eigenvalue weighted by Crippen LogP contribution is 2.30. The van der Waals surface area contributed by atoms with E-state index in [9.17, 15) is 4.79 Å². The van der Waals surface area contributed by atoms with E-state index in [2.05, 4.69) is 97.8 Å². The monoisotopic (exact) mass is 824 g/mol. The minimum atomic E-state index is -0.169. The van der Waals surface area contributed by atoms with Gasteiger partial charge in [-0.1, -0.05) is 53.7 Å². The molecule has 3 N–H and O–H groups in total. The van der Waals surface area contributed by atoms with Gasteiger partial charge in [0.2, 0.25) is 5.88 Å². The van der Waals surface area contributed by atoms with Crippen LogP contribution in [-0.4, -0.2) is 88.4 Å². The Labute approximate surface area is 337 Å². The molecule has 13 nitrogen and oxygen atoms in total. The second kappa shape index (κ2) is 17.9. The van der Waals surface area contributed by atoms with Gasteiger partial charge in [0.15, 0.2) is 11.6 Å². The first-order valence-electron chi connectivity index (χ1n) is 19.0. The summed E-state index contributed by atoms with van der Waals surface area (Å²) in [7, 11) is 1.66. The number of hydrogen-bond donors (Lipinski definition) is 3. The standard InChI is InChI=1S/C25H31N5O2.C17H22BrN5O/c1-25(2,3)21-16-30(14-13-27-21)22-15-23(29-24(28-22)19-9-11-26-12-10-19)32-17-18-5-7-20(31-4)8-6-18;1-17(2,3)12-10-23(9-8-20-12)15-13(18)16(24)22-14(21-15)11-4-6-19-7-5-11/h5-12,15,21,27H,13-14,16-17H2,1-4H3;4-7,12,20H,8-10H2,1-3H3,(H,21,22,24)/t21-;12-/m11/s1. The summed E-state index contributed by atoms with van der Waals surface area (Å²) in [6.07, 6.45) is 6.89. The number of halogens is 1. The topological polar surface area (TPSA) is 146 Å². The van der Waals surface area contributed by atoms with E-state index in [1.54, 1.807) is 31.9 Å². The van der Waals surface area contributed by atoms with Gasteiger partial charge in [0.25, 0.3) is 5.56 Å². The molecule has 2 aliphatic heterocycles. The van der Waals surface area contributed by atoms with Crippen LogP contribution in [0.3, 0.4) is 0 Å². The van der Waals surface area contributed by atoms with Crippen molar-refractivity contribution in [1.29, 1.82) is 0 Å². The lowest BCUT2D eigenvalue weighted by molar-refractivity contribution is 0.253. The van der Waals surface area contributed by atoms with Crippen molar-refractivity contribution < 1.29 is 9.47 Å². The Balaban J connectivity index is 0.000000198. The van der Waals surface area contributed by atoms with Crippen molar-refractivity contribution in [1.82, 2.24) is 40.5 Å². The maximum absolute atomic E-state index is 12.4. The smallest absolute Gasteiger partial charge is 0.267 e. The van der Waals surface area contributed by atoms with Crippen LogP contribution >= 0.6 is 15.9 Å². The number of pyridine rings is 2. The third kappa shape index (κ3) is 10.5.